The highest BCUT2D eigenvalue weighted by molar-refractivity contribution is 5.31. The summed E-state index contributed by atoms with van der Waals surface area (Å²) in [5.74, 6) is 0. The highest BCUT2D eigenvalue weighted by Crippen LogP contribution is 2.18. The molecular formula is C11H17NO. The Morgan fingerprint density at radius 2 is 2.00 bits per heavy atom. The SMILES string of the molecule is Cc1ccc([C@@H](O)CCN)cc1C. The normalized spacial score (nSPS) is 12.9. The maximum atomic E-state index is 9.66. The van der Waals surface area contributed by atoms with Gasteiger partial charge in [0, 0.05) is 0 Å². The first kappa shape index (κ1) is 10.2. The first-order valence-corrected chi connectivity index (χ1v) is 4.60. The van der Waals surface area contributed by atoms with Gasteiger partial charge >= 0.3 is 0 Å². The average molecular weight is 179 g/mol. The van der Waals surface area contributed by atoms with Gasteiger partial charge in [0.2, 0.25) is 0 Å². The molecule has 72 valence electrons. The van der Waals surface area contributed by atoms with E-state index in [0.29, 0.717) is 13.0 Å². The summed E-state index contributed by atoms with van der Waals surface area (Å²) in [7, 11) is 0. The van der Waals surface area contributed by atoms with Gasteiger partial charge in [-0.05, 0) is 43.5 Å². The van der Waals surface area contributed by atoms with Crippen LogP contribution in [-0.2, 0) is 0 Å². The summed E-state index contributed by atoms with van der Waals surface area (Å²) in [5, 5.41) is 9.66. The van der Waals surface area contributed by atoms with Crippen LogP contribution in [-0.4, -0.2) is 11.7 Å². The third-order valence-electron chi connectivity index (χ3n) is 2.36. The molecule has 1 atom stereocenters. The largest absolute Gasteiger partial charge is 0.388 e. The molecule has 1 aromatic rings. The Balaban J connectivity index is 2.84. The van der Waals surface area contributed by atoms with Gasteiger partial charge in [0.1, 0.15) is 0 Å². The molecule has 2 heteroatoms. The molecule has 0 unspecified atom stereocenters. The number of aliphatic hydroxyl groups is 1. The minimum absolute atomic E-state index is 0.413. The number of hydrogen-bond donors (Lipinski definition) is 2. The van der Waals surface area contributed by atoms with Crippen molar-refractivity contribution in [3.8, 4) is 0 Å². The fourth-order valence-electron chi connectivity index (χ4n) is 1.30. The van der Waals surface area contributed by atoms with Gasteiger partial charge in [-0.25, -0.2) is 0 Å². The molecule has 2 nitrogen and oxygen atoms in total. The third-order valence-corrected chi connectivity index (χ3v) is 2.36. The van der Waals surface area contributed by atoms with E-state index in [9.17, 15) is 5.11 Å². The van der Waals surface area contributed by atoms with E-state index in [4.69, 9.17) is 5.73 Å². The first-order valence-electron chi connectivity index (χ1n) is 4.60. The Labute approximate surface area is 79.4 Å². The molecule has 0 radical (unpaired) electrons. The standard InChI is InChI=1S/C11H17NO/c1-8-3-4-10(7-9(8)2)11(13)5-6-12/h3-4,7,11,13H,5-6,12H2,1-2H3/t11-/m0/s1. The highest BCUT2D eigenvalue weighted by Gasteiger charge is 2.06. The predicted molar refractivity (Wildman–Crippen MR) is 54.5 cm³/mol. The summed E-state index contributed by atoms with van der Waals surface area (Å²) in [6, 6.07) is 6.02. The van der Waals surface area contributed by atoms with Crippen LogP contribution in [0.3, 0.4) is 0 Å². The van der Waals surface area contributed by atoms with Crippen LogP contribution in [0, 0.1) is 13.8 Å². The first-order chi connectivity index (χ1) is 6.15. The molecule has 0 amide bonds. The molecular weight excluding hydrogens is 162 g/mol. The second-order valence-electron chi connectivity index (χ2n) is 3.44. The molecule has 0 aromatic heterocycles. The lowest BCUT2D eigenvalue weighted by atomic mass is 10.0. The maximum Gasteiger partial charge on any atom is 0.0802 e. The molecule has 0 aliphatic rings. The fourth-order valence-corrected chi connectivity index (χ4v) is 1.30. The summed E-state index contributed by atoms with van der Waals surface area (Å²) >= 11 is 0. The zero-order valence-electron chi connectivity index (χ0n) is 8.25. The van der Waals surface area contributed by atoms with E-state index in [0.717, 1.165) is 5.56 Å². The van der Waals surface area contributed by atoms with Gasteiger partial charge < -0.3 is 10.8 Å². The van der Waals surface area contributed by atoms with Crippen LogP contribution < -0.4 is 5.73 Å². The van der Waals surface area contributed by atoms with E-state index in [1.807, 2.05) is 25.1 Å². The Kier molecular flexibility index (Phi) is 3.46. The van der Waals surface area contributed by atoms with Crippen molar-refractivity contribution in [1.29, 1.82) is 0 Å². The molecule has 3 N–H and O–H groups in total. The Morgan fingerprint density at radius 1 is 1.31 bits per heavy atom. The molecule has 13 heavy (non-hydrogen) atoms. The minimum atomic E-state index is -0.413. The van der Waals surface area contributed by atoms with E-state index in [-0.39, 0.29) is 0 Å². The van der Waals surface area contributed by atoms with Crippen LogP contribution in [0.5, 0.6) is 0 Å². The van der Waals surface area contributed by atoms with Crippen molar-refractivity contribution in [2.24, 2.45) is 5.73 Å². The molecule has 0 bridgehead atoms. The van der Waals surface area contributed by atoms with Crippen LogP contribution in [0.2, 0.25) is 0 Å². The van der Waals surface area contributed by atoms with Crippen LogP contribution in [0.25, 0.3) is 0 Å². The molecule has 0 aliphatic heterocycles. The van der Waals surface area contributed by atoms with Gasteiger partial charge in [0.25, 0.3) is 0 Å². The number of nitrogens with two attached hydrogens (primary N) is 1. The highest BCUT2D eigenvalue weighted by atomic mass is 16.3. The zero-order chi connectivity index (χ0) is 9.84. The molecule has 1 rings (SSSR count). The average Bonchev–Trinajstić information content (AvgIpc) is 2.10. The van der Waals surface area contributed by atoms with Crippen molar-refractivity contribution >= 4 is 0 Å². The topological polar surface area (TPSA) is 46.2 Å². The number of aryl methyl sites for hydroxylation is 2. The third kappa shape index (κ3) is 2.54. The monoisotopic (exact) mass is 179 g/mol. The smallest absolute Gasteiger partial charge is 0.0802 e. The lowest BCUT2D eigenvalue weighted by Gasteiger charge is -2.11. The molecule has 0 saturated heterocycles. The van der Waals surface area contributed by atoms with Gasteiger partial charge in [-0.15, -0.1) is 0 Å². The van der Waals surface area contributed by atoms with Gasteiger partial charge in [-0.3, -0.25) is 0 Å². The van der Waals surface area contributed by atoms with Crippen molar-refractivity contribution in [3.63, 3.8) is 0 Å². The Bertz CT molecular complexity index is 283. The van der Waals surface area contributed by atoms with E-state index in [2.05, 4.69) is 6.92 Å². The van der Waals surface area contributed by atoms with Crippen molar-refractivity contribution in [3.05, 3.63) is 34.9 Å². The van der Waals surface area contributed by atoms with E-state index < -0.39 is 6.10 Å². The predicted octanol–water partition coefficient (Wildman–Crippen LogP) is 1.69. The molecule has 0 spiro atoms. The maximum absolute atomic E-state index is 9.66. The Morgan fingerprint density at radius 3 is 2.54 bits per heavy atom. The van der Waals surface area contributed by atoms with Crippen LogP contribution in [0.1, 0.15) is 29.2 Å². The van der Waals surface area contributed by atoms with E-state index in [1.54, 1.807) is 0 Å². The van der Waals surface area contributed by atoms with Gasteiger partial charge in [-0.1, -0.05) is 18.2 Å². The molecule has 0 fully saturated rings. The van der Waals surface area contributed by atoms with Crippen molar-refractivity contribution in [2.75, 3.05) is 6.54 Å². The fraction of sp³-hybridized carbons (Fsp3) is 0.455. The van der Waals surface area contributed by atoms with Crippen LogP contribution >= 0.6 is 0 Å². The molecule has 1 aromatic carbocycles. The quantitative estimate of drug-likeness (QED) is 0.741. The second-order valence-corrected chi connectivity index (χ2v) is 3.44. The summed E-state index contributed by atoms with van der Waals surface area (Å²) < 4.78 is 0. The van der Waals surface area contributed by atoms with Crippen LogP contribution in [0.4, 0.5) is 0 Å². The number of aliphatic hydroxyl groups excluding tert-OH is 1. The summed E-state index contributed by atoms with van der Waals surface area (Å²) in [5.41, 5.74) is 8.81. The summed E-state index contributed by atoms with van der Waals surface area (Å²) in [4.78, 5) is 0. The van der Waals surface area contributed by atoms with E-state index >= 15 is 0 Å². The van der Waals surface area contributed by atoms with Crippen molar-refractivity contribution in [2.45, 2.75) is 26.4 Å². The summed E-state index contributed by atoms with van der Waals surface area (Å²) in [6.07, 6.45) is 0.215. The molecule has 0 aliphatic carbocycles. The van der Waals surface area contributed by atoms with Crippen LogP contribution in [0.15, 0.2) is 18.2 Å². The molecule has 0 saturated carbocycles. The Hall–Kier alpha value is -0.860. The van der Waals surface area contributed by atoms with Gasteiger partial charge in [0.05, 0.1) is 6.10 Å². The number of benzene rings is 1. The van der Waals surface area contributed by atoms with E-state index in [1.165, 1.54) is 11.1 Å². The lowest BCUT2D eigenvalue weighted by molar-refractivity contribution is 0.170. The lowest BCUT2D eigenvalue weighted by Crippen LogP contribution is -2.06. The number of rotatable bonds is 3. The van der Waals surface area contributed by atoms with Crippen molar-refractivity contribution < 1.29 is 5.11 Å². The number of hydrogen-bond acceptors (Lipinski definition) is 2. The van der Waals surface area contributed by atoms with Crippen molar-refractivity contribution in [1.82, 2.24) is 0 Å². The minimum Gasteiger partial charge on any atom is -0.388 e. The van der Waals surface area contributed by atoms with Gasteiger partial charge in [-0.2, -0.15) is 0 Å². The summed E-state index contributed by atoms with van der Waals surface area (Å²) in [6.45, 7) is 4.64. The second kappa shape index (κ2) is 4.40. The molecule has 0 heterocycles. The van der Waals surface area contributed by atoms with Gasteiger partial charge in [0.15, 0.2) is 0 Å². The zero-order valence-corrected chi connectivity index (χ0v) is 8.25.